The summed E-state index contributed by atoms with van der Waals surface area (Å²) in [7, 11) is 0. The van der Waals surface area contributed by atoms with Crippen LogP contribution in [0.4, 0.5) is 0 Å². The lowest BCUT2D eigenvalue weighted by Crippen LogP contribution is -2.46. The van der Waals surface area contributed by atoms with Crippen LogP contribution in [0.2, 0.25) is 0 Å². The maximum Gasteiger partial charge on any atom is 0.0622 e. The molecule has 0 aromatic carbocycles. The quantitative estimate of drug-likeness (QED) is 0.631. The molecule has 0 aromatic heterocycles. The molecular weight excluding hydrogens is 140 g/mol. The van der Waals surface area contributed by atoms with Gasteiger partial charge in [0.15, 0.2) is 0 Å². The predicted octanol–water partition coefficient (Wildman–Crippen LogP) is 0.0559. The van der Waals surface area contributed by atoms with Gasteiger partial charge in [0.1, 0.15) is 0 Å². The Bertz CT molecular complexity index is 106. The van der Waals surface area contributed by atoms with Crippen LogP contribution in [-0.2, 0) is 4.74 Å². The Kier molecular flexibility index (Phi) is 3.83. The number of morpholine rings is 1. The minimum atomic E-state index is 0.604. The van der Waals surface area contributed by atoms with Crippen LogP contribution in [0.1, 0.15) is 13.3 Å². The van der Waals surface area contributed by atoms with Crippen LogP contribution >= 0.6 is 0 Å². The van der Waals surface area contributed by atoms with Crippen molar-refractivity contribution in [3.05, 3.63) is 0 Å². The van der Waals surface area contributed by atoms with E-state index < -0.39 is 0 Å². The number of ether oxygens (including phenoxy) is 1. The van der Waals surface area contributed by atoms with Crippen molar-refractivity contribution in [2.24, 2.45) is 5.73 Å². The second kappa shape index (κ2) is 4.70. The van der Waals surface area contributed by atoms with Gasteiger partial charge in [0.2, 0.25) is 0 Å². The Hall–Kier alpha value is -0.120. The maximum absolute atomic E-state index is 5.49. The smallest absolute Gasteiger partial charge is 0.0622 e. The van der Waals surface area contributed by atoms with E-state index in [1.807, 2.05) is 0 Å². The van der Waals surface area contributed by atoms with Crippen molar-refractivity contribution < 1.29 is 4.74 Å². The van der Waals surface area contributed by atoms with Crippen LogP contribution in [0.3, 0.4) is 0 Å². The van der Waals surface area contributed by atoms with Crippen LogP contribution in [0, 0.1) is 0 Å². The standard InChI is InChI=1S/C8H18N2O/c1-2-8-7-11-6-5-10(8)4-3-9/h8H,2-7,9H2,1H3/t8-/m0/s1. The Morgan fingerprint density at radius 1 is 1.64 bits per heavy atom. The molecule has 0 aromatic rings. The van der Waals surface area contributed by atoms with Gasteiger partial charge in [-0.15, -0.1) is 0 Å². The third-order valence-corrected chi connectivity index (χ3v) is 2.24. The molecular formula is C8H18N2O. The molecule has 11 heavy (non-hydrogen) atoms. The van der Waals surface area contributed by atoms with Gasteiger partial charge < -0.3 is 10.5 Å². The molecule has 0 saturated carbocycles. The highest BCUT2D eigenvalue weighted by Crippen LogP contribution is 2.08. The van der Waals surface area contributed by atoms with Crippen molar-refractivity contribution in [2.75, 3.05) is 32.8 Å². The second-order valence-corrected chi connectivity index (χ2v) is 2.96. The first-order chi connectivity index (χ1) is 5.38. The van der Waals surface area contributed by atoms with Crippen molar-refractivity contribution in [3.8, 4) is 0 Å². The fourth-order valence-electron chi connectivity index (χ4n) is 1.53. The SMILES string of the molecule is CC[C@H]1COCCN1CCN. The minimum Gasteiger partial charge on any atom is -0.378 e. The van der Waals surface area contributed by atoms with Crippen molar-refractivity contribution in [3.63, 3.8) is 0 Å². The molecule has 1 aliphatic heterocycles. The summed E-state index contributed by atoms with van der Waals surface area (Å²) in [5.41, 5.74) is 5.49. The molecule has 0 unspecified atom stereocenters. The number of nitrogens with zero attached hydrogens (tertiary/aromatic N) is 1. The van der Waals surface area contributed by atoms with Crippen molar-refractivity contribution in [2.45, 2.75) is 19.4 Å². The summed E-state index contributed by atoms with van der Waals surface area (Å²) in [6.45, 7) is 6.78. The van der Waals surface area contributed by atoms with E-state index in [0.717, 1.165) is 32.8 Å². The summed E-state index contributed by atoms with van der Waals surface area (Å²) < 4.78 is 5.37. The summed E-state index contributed by atoms with van der Waals surface area (Å²) in [4.78, 5) is 2.42. The van der Waals surface area contributed by atoms with Crippen molar-refractivity contribution in [1.29, 1.82) is 0 Å². The molecule has 1 atom stereocenters. The molecule has 1 heterocycles. The summed E-state index contributed by atoms with van der Waals surface area (Å²) in [6.07, 6.45) is 1.17. The maximum atomic E-state index is 5.49. The highest BCUT2D eigenvalue weighted by molar-refractivity contribution is 4.73. The average Bonchev–Trinajstić information content (AvgIpc) is 2.06. The predicted molar refractivity (Wildman–Crippen MR) is 45.5 cm³/mol. The summed E-state index contributed by atoms with van der Waals surface area (Å²) in [5, 5.41) is 0. The number of hydrogen-bond donors (Lipinski definition) is 1. The van der Waals surface area contributed by atoms with Crippen LogP contribution in [-0.4, -0.2) is 43.8 Å². The first-order valence-electron chi connectivity index (χ1n) is 4.40. The molecule has 1 aliphatic rings. The largest absolute Gasteiger partial charge is 0.378 e. The van der Waals surface area contributed by atoms with E-state index in [-0.39, 0.29) is 0 Å². The molecule has 0 bridgehead atoms. The Balaban J connectivity index is 2.31. The van der Waals surface area contributed by atoms with Gasteiger partial charge in [-0.05, 0) is 6.42 Å². The molecule has 1 fully saturated rings. The summed E-state index contributed by atoms with van der Waals surface area (Å²) in [5.74, 6) is 0. The van der Waals surface area contributed by atoms with Gasteiger partial charge in [0, 0.05) is 25.7 Å². The number of rotatable bonds is 3. The minimum absolute atomic E-state index is 0.604. The topological polar surface area (TPSA) is 38.5 Å². The Morgan fingerprint density at radius 2 is 2.45 bits per heavy atom. The van der Waals surface area contributed by atoms with E-state index in [4.69, 9.17) is 10.5 Å². The molecule has 0 radical (unpaired) electrons. The lowest BCUT2D eigenvalue weighted by molar-refractivity contribution is -0.00692. The van der Waals surface area contributed by atoms with E-state index in [2.05, 4.69) is 11.8 Å². The van der Waals surface area contributed by atoms with Gasteiger partial charge in [-0.3, -0.25) is 4.90 Å². The van der Waals surface area contributed by atoms with Gasteiger partial charge in [0.05, 0.1) is 13.2 Å². The molecule has 66 valence electrons. The van der Waals surface area contributed by atoms with E-state index in [9.17, 15) is 0 Å². The zero-order valence-electron chi connectivity index (χ0n) is 7.25. The van der Waals surface area contributed by atoms with Gasteiger partial charge >= 0.3 is 0 Å². The summed E-state index contributed by atoms with van der Waals surface area (Å²) in [6, 6.07) is 0.604. The number of hydrogen-bond acceptors (Lipinski definition) is 3. The summed E-state index contributed by atoms with van der Waals surface area (Å²) >= 11 is 0. The molecule has 2 N–H and O–H groups in total. The zero-order chi connectivity index (χ0) is 8.10. The molecule has 3 nitrogen and oxygen atoms in total. The molecule has 3 heteroatoms. The van der Waals surface area contributed by atoms with Gasteiger partial charge in [-0.2, -0.15) is 0 Å². The molecule has 1 rings (SSSR count). The van der Waals surface area contributed by atoms with Gasteiger partial charge in [-0.1, -0.05) is 6.92 Å². The lowest BCUT2D eigenvalue weighted by atomic mass is 10.2. The fourth-order valence-corrected chi connectivity index (χ4v) is 1.53. The first-order valence-corrected chi connectivity index (χ1v) is 4.40. The highest BCUT2D eigenvalue weighted by atomic mass is 16.5. The van der Waals surface area contributed by atoms with E-state index in [1.165, 1.54) is 6.42 Å². The molecule has 0 aliphatic carbocycles. The first kappa shape index (κ1) is 8.97. The zero-order valence-corrected chi connectivity index (χ0v) is 7.25. The van der Waals surface area contributed by atoms with E-state index >= 15 is 0 Å². The van der Waals surface area contributed by atoms with E-state index in [1.54, 1.807) is 0 Å². The Morgan fingerprint density at radius 3 is 3.09 bits per heavy atom. The third kappa shape index (κ3) is 2.43. The van der Waals surface area contributed by atoms with Crippen molar-refractivity contribution in [1.82, 2.24) is 4.90 Å². The average molecular weight is 158 g/mol. The third-order valence-electron chi connectivity index (χ3n) is 2.24. The van der Waals surface area contributed by atoms with Crippen molar-refractivity contribution >= 4 is 0 Å². The van der Waals surface area contributed by atoms with Gasteiger partial charge in [0.25, 0.3) is 0 Å². The molecule has 0 spiro atoms. The normalized spacial score (nSPS) is 27.3. The van der Waals surface area contributed by atoms with Crippen LogP contribution in [0.15, 0.2) is 0 Å². The second-order valence-electron chi connectivity index (χ2n) is 2.96. The fraction of sp³-hybridized carbons (Fsp3) is 1.00. The Labute approximate surface area is 68.5 Å². The van der Waals surface area contributed by atoms with Crippen LogP contribution < -0.4 is 5.73 Å². The molecule has 0 amide bonds. The number of nitrogens with two attached hydrogens (primary N) is 1. The van der Waals surface area contributed by atoms with Crippen LogP contribution in [0.25, 0.3) is 0 Å². The van der Waals surface area contributed by atoms with Crippen LogP contribution in [0.5, 0.6) is 0 Å². The van der Waals surface area contributed by atoms with Gasteiger partial charge in [-0.25, -0.2) is 0 Å². The highest BCUT2D eigenvalue weighted by Gasteiger charge is 2.19. The monoisotopic (exact) mass is 158 g/mol. The van der Waals surface area contributed by atoms with E-state index in [0.29, 0.717) is 6.04 Å². The lowest BCUT2D eigenvalue weighted by Gasteiger charge is -2.34. The molecule has 1 saturated heterocycles.